The first-order valence-electron chi connectivity index (χ1n) is 6.52. The van der Waals surface area contributed by atoms with E-state index >= 15 is 0 Å². The number of rotatable bonds is 5. The molecule has 0 aromatic heterocycles. The SMILES string of the molecule is CCOC(C)(C)C(N)CC1Cc2ccccc21. The van der Waals surface area contributed by atoms with Crippen molar-refractivity contribution in [3.8, 4) is 0 Å². The molecule has 17 heavy (non-hydrogen) atoms. The molecule has 0 amide bonds. The molecule has 1 aliphatic carbocycles. The van der Waals surface area contributed by atoms with Crippen LogP contribution in [0.25, 0.3) is 0 Å². The van der Waals surface area contributed by atoms with Crippen LogP contribution in [-0.4, -0.2) is 18.2 Å². The van der Waals surface area contributed by atoms with Crippen molar-refractivity contribution in [1.82, 2.24) is 0 Å². The highest BCUT2D eigenvalue weighted by molar-refractivity contribution is 5.40. The molecule has 2 heteroatoms. The second-order valence-corrected chi connectivity index (χ2v) is 5.48. The maximum absolute atomic E-state index is 6.28. The summed E-state index contributed by atoms with van der Waals surface area (Å²) < 4.78 is 5.72. The number of hydrogen-bond acceptors (Lipinski definition) is 2. The molecular formula is C15H23NO. The number of nitrogens with two attached hydrogens (primary N) is 1. The summed E-state index contributed by atoms with van der Waals surface area (Å²) in [4.78, 5) is 0. The normalized spacial score (nSPS) is 20.6. The molecule has 1 aromatic rings. The van der Waals surface area contributed by atoms with Crippen molar-refractivity contribution in [2.75, 3.05) is 6.61 Å². The molecule has 94 valence electrons. The Hall–Kier alpha value is -0.860. The van der Waals surface area contributed by atoms with E-state index < -0.39 is 0 Å². The molecular weight excluding hydrogens is 210 g/mol. The predicted octanol–water partition coefficient (Wildman–Crippen LogP) is 2.86. The summed E-state index contributed by atoms with van der Waals surface area (Å²) in [5.41, 5.74) is 9.02. The van der Waals surface area contributed by atoms with Crippen LogP contribution >= 0.6 is 0 Å². The zero-order chi connectivity index (χ0) is 12.5. The van der Waals surface area contributed by atoms with Gasteiger partial charge in [0.1, 0.15) is 0 Å². The molecule has 0 spiro atoms. The van der Waals surface area contributed by atoms with Gasteiger partial charge in [-0.2, -0.15) is 0 Å². The molecule has 2 rings (SSSR count). The van der Waals surface area contributed by atoms with Gasteiger partial charge >= 0.3 is 0 Å². The van der Waals surface area contributed by atoms with E-state index in [2.05, 4.69) is 38.1 Å². The quantitative estimate of drug-likeness (QED) is 0.848. The fourth-order valence-electron chi connectivity index (χ4n) is 2.64. The van der Waals surface area contributed by atoms with Crippen LogP contribution in [0.1, 0.15) is 44.2 Å². The van der Waals surface area contributed by atoms with Crippen molar-refractivity contribution in [3.63, 3.8) is 0 Å². The highest BCUT2D eigenvalue weighted by Crippen LogP contribution is 2.39. The van der Waals surface area contributed by atoms with Crippen molar-refractivity contribution in [2.45, 2.75) is 51.2 Å². The van der Waals surface area contributed by atoms with E-state index in [0.717, 1.165) is 13.0 Å². The Morgan fingerprint density at radius 3 is 2.76 bits per heavy atom. The summed E-state index contributed by atoms with van der Waals surface area (Å²) in [6.45, 7) is 6.92. The zero-order valence-electron chi connectivity index (χ0n) is 11.1. The Kier molecular flexibility index (Phi) is 3.55. The second kappa shape index (κ2) is 4.79. The minimum absolute atomic E-state index is 0.0980. The number of benzene rings is 1. The van der Waals surface area contributed by atoms with Gasteiger partial charge in [0.2, 0.25) is 0 Å². The van der Waals surface area contributed by atoms with E-state index in [4.69, 9.17) is 10.5 Å². The third kappa shape index (κ3) is 2.53. The Morgan fingerprint density at radius 2 is 2.12 bits per heavy atom. The van der Waals surface area contributed by atoms with Crippen LogP contribution < -0.4 is 5.73 Å². The number of ether oxygens (including phenoxy) is 1. The lowest BCUT2D eigenvalue weighted by molar-refractivity contribution is -0.0325. The topological polar surface area (TPSA) is 35.2 Å². The second-order valence-electron chi connectivity index (χ2n) is 5.48. The summed E-state index contributed by atoms with van der Waals surface area (Å²) in [5.74, 6) is 0.626. The van der Waals surface area contributed by atoms with Crippen molar-refractivity contribution >= 4 is 0 Å². The van der Waals surface area contributed by atoms with Crippen molar-refractivity contribution < 1.29 is 4.74 Å². The Bertz CT molecular complexity index is 386. The molecule has 2 N–H and O–H groups in total. The summed E-state index contributed by atoms with van der Waals surface area (Å²) in [7, 11) is 0. The van der Waals surface area contributed by atoms with E-state index in [0.29, 0.717) is 5.92 Å². The Labute approximate surface area is 104 Å². The van der Waals surface area contributed by atoms with Gasteiger partial charge in [0.15, 0.2) is 0 Å². The van der Waals surface area contributed by atoms with Crippen LogP contribution in [0.5, 0.6) is 0 Å². The van der Waals surface area contributed by atoms with Crippen LogP contribution in [0.4, 0.5) is 0 Å². The molecule has 2 nitrogen and oxygen atoms in total. The van der Waals surface area contributed by atoms with E-state index in [1.807, 2.05) is 6.92 Å². The van der Waals surface area contributed by atoms with Gasteiger partial charge in [-0.25, -0.2) is 0 Å². The minimum atomic E-state index is -0.223. The molecule has 0 fully saturated rings. The van der Waals surface area contributed by atoms with Crippen LogP contribution in [0, 0.1) is 0 Å². The fourth-order valence-corrected chi connectivity index (χ4v) is 2.64. The molecule has 1 aliphatic rings. The average molecular weight is 233 g/mol. The van der Waals surface area contributed by atoms with Gasteiger partial charge < -0.3 is 10.5 Å². The van der Waals surface area contributed by atoms with E-state index in [1.54, 1.807) is 0 Å². The number of fused-ring (bicyclic) bond motifs is 1. The maximum atomic E-state index is 6.28. The summed E-state index contributed by atoms with van der Waals surface area (Å²) >= 11 is 0. The van der Waals surface area contributed by atoms with Gasteiger partial charge in [-0.15, -0.1) is 0 Å². The van der Waals surface area contributed by atoms with E-state index in [9.17, 15) is 0 Å². The molecule has 0 bridgehead atoms. The third-order valence-electron chi connectivity index (χ3n) is 3.91. The summed E-state index contributed by atoms with van der Waals surface area (Å²) in [6.07, 6.45) is 2.19. The van der Waals surface area contributed by atoms with Crippen LogP contribution in [0.2, 0.25) is 0 Å². The van der Waals surface area contributed by atoms with Gasteiger partial charge in [0, 0.05) is 12.6 Å². The molecule has 0 aliphatic heterocycles. The summed E-state index contributed by atoms with van der Waals surface area (Å²) in [5, 5.41) is 0. The first-order valence-corrected chi connectivity index (χ1v) is 6.52. The lowest BCUT2D eigenvalue weighted by Gasteiger charge is -2.37. The Morgan fingerprint density at radius 1 is 1.41 bits per heavy atom. The van der Waals surface area contributed by atoms with E-state index in [1.165, 1.54) is 17.5 Å². The van der Waals surface area contributed by atoms with Crippen LogP contribution in [0.3, 0.4) is 0 Å². The van der Waals surface area contributed by atoms with E-state index in [-0.39, 0.29) is 11.6 Å². The number of hydrogen-bond donors (Lipinski definition) is 1. The lowest BCUT2D eigenvalue weighted by atomic mass is 9.73. The van der Waals surface area contributed by atoms with Crippen molar-refractivity contribution in [3.05, 3.63) is 35.4 Å². The average Bonchev–Trinajstić information content (AvgIpc) is 2.25. The van der Waals surface area contributed by atoms with Gasteiger partial charge in [-0.1, -0.05) is 24.3 Å². The molecule has 2 unspecified atom stereocenters. The molecule has 2 atom stereocenters. The standard InChI is InChI=1S/C15H23NO/c1-4-17-15(2,3)14(16)10-12-9-11-7-5-6-8-13(11)12/h5-8,12,14H,4,9-10,16H2,1-3H3. The first kappa shape index (κ1) is 12.6. The predicted molar refractivity (Wildman–Crippen MR) is 71.2 cm³/mol. The first-order chi connectivity index (χ1) is 8.04. The molecule has 0 saturated heterocycles. The van der Waals surface area contributed by atoms with Gasteiger partial charge in [0.25, 0.3) is 0 Å². The summed E-state index contributed by atoms with van der Waals surface area (Å²) in [6, 6.07) is 8.76. The smallest absolute Gasteiger partial charge is 0.0776 e. The monoisotopic (exact) mass is 233 g/mol. The third-order valence-corrected chi connectivity index (χ3v) is 3.91. The van der Waals surface area contributed by atoms with Crippen molar-refractivity contribution in [1.29, 1.82) is 0 Å². The zero-order valence-corrected chi connectivity index (χ0v) is 11.1. The lowest BCUT2D eigenvalue weighted by Crippen LogP contribution is -2.47. The van der Waals surface area contributed by atoms with Crippen molar-refractivity contribution in [2.24, 2.45) is 5.73 Å². The molecule has 0 saturated carbocycles. The Balaban J connectivity index is 1.96. The maximum Gasteiger partial charge on any atom is 0.0776 e. The van der Waals surface area contributed by atoms with Gasteiger partial charge in [-0.05, 0) is 50.7 Å². The molecule has 1 aromatic carbocycles. The minimum Gasteiger partial charge on any atom is -0.374 e. The largest absolute Gasteiger partial charge is 0.374 e. The van der Waals surface area contributed by atoms with Gasteiger partial charge in [-0.3, -0.25) is 0 Å². The molecule has 0 radical (unpaired) electrons. The highest BCUT2D eigenvalue weighted by Gasteiger charge is 2.33. The van der Waals surface area contributed by atoms with Gasteiger partial charge in [0.05, 0.1) is 5.60 Å². The highest BCUT2D eigenvalue weighted by atomic mass is 16.5. The van der Waals surface area contributed by atoms with Crippen LogP contribution in [-0.2, 0) is 11.2 Å². The fraction of sp³-hybridized carbons (Fsp3) is 0.600. The van der Waals surface area contributed by atoms with Crippen LogP contribution in [0.15, 0.2) is 24.3 Å². The molecule has 0 heterocycles.